The molecule has 17 heavy (non-hydrogen) atoms. The standard InChI is InChI=1S/C13H25NO3/c1-2-3-6-17-8-12(15)7-14-9-13(16,10-14)11-4-5-11/h11-12,15-16H,2-10H2,1H3. The lowest BCUT2D eigenvalue weighted by molar-refractivity contribution is -0.126. The summed E-state index contributed by atoms with van der Waals surface area (Å²) in [6.07, 6.45) is 4.10. The van der Waals surface area contributed by atoms with E-state index in [4.69, 9.17) is 4.74 Å². The molecule has 100 valence electrons. The van der Waals surface area contributed by atoms with Crippen LogP contribution in [0.3, 0.4) is 0 Å². The molecule has 4 heteroatoms. The van der Waals surface area contributed by atoms with Gasteiger partial charge in [0.2, 0.25) is 0 Å². The summed E-state index contributed by atoms with van der Waals surface area (Å²) < 4.78 is 5.38. The lowest BCUT2D eigenvalue weighted by atomic mass is 9.88. The first kappa shape index (κ1) is 13.3. The number of nitrogens with zero attached hydrogens (tertiary/aromatic N) is 1. The Morgan fingerprint density at radius 3 is 2.71 bits per heavy atom. The van der Waals surface area contributed by atoms with Gasteiger partial charge < -0.3 is 14.9 Å². The van der Waals surface area contributed by atoms with Crippen molar-refractivity contribution in [1.82, 2.24) is 4.90 Å². The summed E-state index contributed by atoms with van der Waals surface area (Å²) in [4.78, 5) is 2.12. The van der Waals surface area contributed by atoms with Crippen molar-refractivity contribution in [3.05, 3.63) is 0 Å². The fraction of sp³-hybridized carbons (Fsp3) is 1.00. The summed E-state index contributed by atoms with van der Waals surface area (Å²) in [5.74, 6) is 0.525. The highest BCUT2D eigenvalue weighted by atomic mass is 16.5. The quantitative estimate of drug-likeness (QED) is 0.614. The minimum atomic E-state index is -0.442. The Kier molecular flexibility index (Phi) is 4.42. The van der Waals surface area contributed by atoms with Crippen molar-refractivity contribution in [1.29, 1.82) is 0 Å². The monoisotopic (exact) mass is 243 g/mol. The molecule has 0 aromatic heterocycles. The van der Waals surface area contributed by atoms with Gasteiger partial charge in [-0.2, -0.15) is 0 Å². The smallest absolute Gasteiger partial charge is 0.0928 e. The van der Waals surface area contributed by atoms with E-state index in [0.717, 1.165) is 32.5 Å². The number of β-amino-alcohol motifs (C(OH)–C–C–N with tert-alkyl or cyclic N) is 2. The van der Waals surface area contributed by atoms with Gasteiger partial charge in [-0.05, 0) is 25.2 Å². The molecule has 1 saturated carbocycles. The van der Waals surface area contributed by atoms with E-state index < -0.39 is 11.7 Å². The van der Waals surface area contributed by atoms with Crippen LogP contribution in [0, 0.1) is 5.92 Å². The fourth-order valence-electron chi connectivity index (χ4n) is 2.55. The van der Waals surface area contributed by atoms with Crippen molar-refractivity contribution in [2.45, 2.75) is 44.3 Å². The van der Waals surface area contributed by atoms with E-state index >= 15 is 0 Å². The van der Waals surface area contributed by atoms with Crippen LogP contribution in [0.2, 0.25) is 0 Å². The van der Waals surface area contributed by atoms with Crippen molar-refractivity contribution in [2.24, 2.45) is 5.92 Å². The van der Waals surface area contributed by atoms with Crippen molar-refractivity contribution < 1.29 is 14.9 Å². The molecule has 2 fully saturated rings. The maximum atomic E-state index is 10.1. The first-order valence-corrected chi connectivity index (χ1v) is 6.84. The third-order valence-corrected chi connectivity index (χ3v) is 3.75. The molecule has 0 amide bonds. The van der Waals surface area contributed by atoms with Crippen LogP contribution < -0.4 is 0 Å². The normalized spacial score (nSPS) is 25.6. The van der Waals surface area contributed by atoms with E-state index in [2.05, 4.69) is 11.8 Å². The Balaban J connectivity index is 1.53. The zero-order valence-corrected chi connectivity index (χ0v) is 10.8. The van der Waals surface area contributed by atoms with Gasteiger partial charge in [0, 0.05) is 26.2 Å². The second-order valence-corrected chi connectivity index (χ2v) is 5.63. The number of aliphatic hydroxyl groups excluding tert-OH is 1. The second kappa shape index (κ2) is 5.65. The number of hydrogen-bond acceptors (Lipinski definition) is 4. The first-order chi connectivity index (χ1) is 8.14. The molecular weight excluding hydrogens is 218 g/mol. The summed E-state index contributed by atoms with van der Waals surface area (Å²) in [6.45, 7) is 5.35. The molecule has 2 rings (SSSR count). The van der Waals surface area contributed by atoms with Crippen LogP contribution >= 0.6 is 0 Å². The van der Waals surface area contributed by atoms with Gasteiger partial charge in [-0.15, -0.1) is 0 Å². The Bertz CT molecular complexity index is 237. The molecule has 1 unspecified atom stereocenters. The summed E-state index contributed by atoms with van der Waals surface area (Å²) in [6, 6.07) is 0. The summed E-state index contributed by atoms with van der Waals surface area (Å²) in [5, 5.41) is 19.9. The van der Waals surface area contributed by atoms with E-state index in [0.29, 0.717) is 19.1 Å². The van der Waals surface area contributed by atoms with E-state index in [1.165, 1.54) is 12.8 Å². The highest BCUT2D eigenvalue weighted by Gasteiger charge is 2.51. The highest BCUT2D eigenvalue weighted by molar-refractivity contribution is 5.05. The van der Waals surface area contributed by atoms with Crippen molar-refractivity contribution >= 4 is 0 Å². The zero-order chi connectivity index (χ0) is 12.3. The molecule has 0 aromatic carbocycles. The molecule has 2 N–H and O–H groups in total. The van der Waals surface area contributed by atoms with Crippen molar-refractivity contribution in [3.8, 4) is 0 Å². The van der Waals surface area contributed by atoms with Gasteiger partial charge in [-0.3, -0.25) is 4.90 Å². The molecule has 0 bridgehead atoms. The van der Waals surface area contributed by atoms with E-state index in [-0.39, 0.29) is 0 Å². The van der Waals surface area contributed by atoms with Crippen LogP contribution in [0.4, 0.5) is 0 Å². The van der Waals surface area contributed by atoms with Gasteiger partial charge in [0.15, 0.2) is 0 Å². The van der Waals surface area contributed by atoms with Crippen molar-refractivity contribution in [2.75, 3.05) is 32.8 Å². The topological polar surface area (TPSA) is 52.9 Å². The minimum absolute atomic E-state index is 0.415. The van der Waals surface area contributed by atoms with Gasteiger partial charge >= 0.3 is 0 Å². The van der Waals surface area contributed by atoms with E-state index in [9.17, 15) is 10.2 Å². The van der Waals surface area contributed by atoms with Crippen molar-refractivity contribution in [3.63, 3.8) is 0 Å². The van der Waals surface area contributed by atoms with E-state index in [1.54, 1.807) is 0 Å². The van der Waals surface area contributed by atoms with Crippen LogP contribution in [-0.4, -0.2) is 59.7 Å². The highest BCUT2D eigenvalue weighted by Crippen LogP contribution is 2.44. The molecule has 0 spiro atoms. The van der Waals surface area contributed by atoms with Gasteiger partial charge in [0.25, 0.3) is 0 Å². The van der Waals surface area contributed by atoms with Gasteiger partial charge in [-0.1, -0.05) is 13.3 Å². The number of aliphatic hydroxyl groups is 2. The van der Waals surface area contributed by atoms with Crippen LogP contribution in [0.5, 0.6) is 0 Å². The lowest BCUT2D eigenvalue weighted by Gasteiger charge is -2.47. The first-order valence-electron chi connectivity index (χ1n) is 6.84. The fourth-order valence-corrected chi connectivity index (χ4v) is 2.55. The predicted molar refractivity (Wildman–Crippen MR) is 65.8 cm³/mol. The number of unbranched alkanes of at least 4 members (excludes halogenated alkanes) is 1. The summed E-state index contributed by atoms with van der Waals surface area (Å²) in [5.41, 5.74) is -0.442. The summed E-state index contributed by atoms with van der Waals surface area (Å²) >= 11 is 0. The number of hydrogen-bond donors (Lipinski definition) is 2. The van der Waals surface area contributed by atoms with Gasteiger partial charge in [-0.25, -0.2) is 0 Å². The molecule has 2 aliphatic rings. The molecular formula is C13H25NO3. The molecule has 0 aromatic rings. The molecule has 4 nitrogen and oxygen atoms in total. The van der Waals surface area contributed by atoms with Crippen LogP contribution in [-0.2, 0) is 4.74 Å². The lowest BCUT2D eigenvalue weighted by Crippen LogP contribution is -2.64. The predicted octanol–water partition coefficient (Wildman–Crippen LogP) is 0.621. The van der Waals surface area contributed by atoms with Gasteiger partial charge in [0.1, 0.15) is 0 Å². The van der Waals surface area contributed by atoms with Crippen LogP contribution in [0.25, 0.3) is 0 Å². The molecule has 1 aliphatic carbocycles. The zero-order valence-electron chi connectivity index (χ0n) is 10.8. The third kappa shape index (κ3) is 3.65. The Morgan fingerprint density at radius 1 is 1.41 bits per heavy atom. The summed E-state index contributed by atoms with van der Waals surface area (Å²) in [7, 11) is 0. The SMILES string of the molecule is CCCCOCC(O)CN1CC(O)(C2CC2)C1. The molecule has 1 atom stereocenters. The van der Waals surface area contributed by atoms with Crippen LogP contribution in [0.15, 0.2) is 0 Å². The number of likely N-dealkylation sites (tertiary alicyclic amines) is 1. The Hall–Kier alpha value is -0.160. The van der Waals surface area contributed by atoms with Gasteiger partial charge in [0.05, 0.1) is 18.3 Å². The maximum Gasteiger partial charge on any atom is 0.0928 e. The number of ether oxygens (including phenoxy) is 1. The molecule has 1 aliphatic heterocycles. The Morgan fingerprint density at radius 2 is 2.12 bits per heavy atom. The number of rotatable bonds is 8. The average molecular weight is 243 g/mol. The third-order valence-electron chi connectivity index (χ3n) is 3.75. The molecule has 0 radical (unpaired) electrons. The second-order valence-electron chi connectivity index (χ2n) is 5.63. The Labute approximate surface area is 104 Å². The largest absolute Gasteiger partial charge is 0.389 e. The molecule has 1 saturated heterocycles. The van der Waals surface area contributed by atoms with E-state index in [1.807, 2.05) is 0 Å². The maximum absolute atomic E-state index is 10.1. The minimum Gasteiger partial charge on any atom is -0.389 e. The average Bonchev–Trinajstić information content (AvgIpc) is 3.06. The van der Waals surface area contributed by atoms with Crippen LogP contribution in [0.1, 0.15) is 32.6 Å². The molecule has 1 heterocycles.